The van der Waals surface area contributed by atoms with Crippen LogP contribution in [0.2, 0.25) is 0 Å². The molecule has 1 aromatic carbocycles. The number of dihydropyridines is 1. The first kappa shape index (κ1) is 17.0. The fourth-order valence-electron chi connectivity index (χ4n) is 3.58. The van der Waals surface area contributed by atoms with Crippen molar-refractivity contribution in [2.45, 2.75) is 58.4 Å². The van der Waals surface area contributed by atoms with Gasteiger partial charge in [-0.3, -0.25) is 4.99 Å². The molecule has 0 saturated carbocycles. The van der Waals surface area contributed by atoms with E-state index in [1.807, 2.05) is 6.21 Å². The van der Waals surface area contributed by atoms with Crippen LogP contribution in [-0.4, -0.2) is 18.8 Å². The van der Waals surface area contributed by atoms with Crippen LogP contribution in [0.4, 0.5) is 0 Å². The largest absolute Gasteiger partial charge is 0.384 e. The van der Waals surface area contributed by atoms with Crippen LogP contribution in [0.25, 0.3) is 0 Å². The lowest BCUT2D eigenvalue weighted by atomic mass is 9.90. The van der Waals surface area contributed by atoms with E-state index >= 15 is 0 Å². The Hall–Kier alpha value is -1.83. The van der Waals surface area contributed by atoms with Gasteiger partial charge in [0, 0.05) is 18.5 Å². The summed E-state index contributed by atoms with van der Waals surface area (Å²) in [5.74, 6) is 1.21. The van der Waals surface area contributed by atoms with E-state index in [2.05, 4.69) is 67.5 Å². The van der Waals surface area contributed by atoms with Gasteiger partial charge >= 0.3 is 0 Å². The first-order valence-corrected chi connectivity index (χ1v) is 9.40. The summed E-state index contributed by atoms with van der Waals surface area (Å²) in [5, 5.41) is 3.67. The lowest BCUT2D eigenvalue weighted by Gasteiger charge is -2.27. The summed E-state index contributed by atoms with van der Waals surface area (Å²) in [5.41, 5.74) is 5.56. The number of benzene rings is 1. The molecular weight excluding hydrogens is 292 g/mol. The predicted octanol–water partition coefficient (Wildman–Crippen LogP) is 5.03. The second kappa shape index (κ2) is 7.83. The molecule has 128 valence electrons. The zero-order chi connectivity index (χ0) is 16.9. The minimum Gasteiger partial charge on any atom is -0.384 e. The molecule has 1 N–H and O–H groups in total. The van der Waals surface area contributed by atoms with E-state index in [-0.39, 0.29) is 0 Å². The summed E-state index contributed by atoms with van der Waals surface area (Å²) in [6.07, 6.45) is 11.3. The van der Waals surface area contributed by atoms with Gasteiger partial charge in [-0.25, -0.2) is 0 Å². The number of fused-ring (bicyclic) bond motifs is 1. The van der Waals surface area contributed by atoms with Crippen molar-refractivity contribution >= 4 is 6.21 Å². The standard InChI is InChI=1S/C22H30N2/c1-16(2)19-10-8-18(9-11-19)14-17(3)15-24-22-12-13-23-21-7-5-4-6-20(21)22/h6,8-13,16-17,21,24H,4-5,7,14-15H2,1-3H3. The Bertz CT molecular complexity index is 634. The van der Waals surface area contributed by atoms with E-state index in [1.54, 1.807) is 0 Å². The van der Waals surface area contributed by atoms with Crippen molar-refractivity contribution < 1.29 is 0 Å². The van der Waals surface area contributed by atoms with E-state index in [4.69, 9.17) is 0 Å². The molecule has 0 bridgehead atoms. The Morgan fingerprint density at radius 3 is 2.71 bits per heavy atom. The molecule has 0 aromatic heterocycles. The normalized spacial score (nSPS) is 21.1. The number of hydrogen-bond acceptors (Lipinski definition) is 2. The molecule has 2 nitrogen and oxygen atoms in total. The van der Waals surface area contributed by atoms with Gasteiger partial charge in [0.05, 0.1) is 6.04 Å². The average Bonchev–Trinajstić information content (AvgIpc) is 2.60. The van der Waals surface area contributed by atoms with Crippen molar-refractivity contribution in [3.8, 4) is 0 Å². The second-order valence-electron chi connectivity index (χ2n) is 7.57. The summed E-state index contributed by atoms with van der Waals surface area (Å²) in [6, 6.07) is 9.52. The van der Waals surface area contributed by atoms with Gasteiger partial charge in [0.2, 0.25) is 0 Å². The van der Waals surface area contributed by atoms with Gasteiger partial charge in [-0.15, -0.1) is 0 Å². The zero-order valence-electron chi connectivity index (χ0n) is 15.3. The monoisotopic (exact) mass is 322 g/mol. The average molecular weight is 322 g/mol. The maximum Gasteiger partial charge on any atom is 0.0765 e. The summed E-state index contributed by atoms with van der Waals surface area (Å²) in [7, 11) is 0. The van der Waals surface area contributed by atoms with Crippen LogP contribution >= 0.6 is 0 Å². The molecule has 0 saturated heterocycles. The van der Waals surface area contributed by atoms with Gasteiger partial charge in [0.15, 0.2) is 0 Å². The molecule has 2 heteroatoms. The first-order chi connectivity index (χ1) is 11.6. The molecule has 1 heterocycles. The minimum absolute atomic E-state index is 0.394. The highest BCUT2D eigenvalue weighted by Gasteiger charge is 2.21. The van der Waals surface area contributed by atoms with Gasteiger partial charge in [0.25, 0.3) is 0 Å². The summed E-state index contributed by atoms with van der Waals surface area (Å²) in [4.78, 5) is 4.61. The smallest absolute Gasteiger partial charge is 0.0765 e. The number of nitrogens with one attached hydrogen (secondary N) is 1. The van der Waals surface area contributed by atoms with Crippen LogP contribution in [-0.2, 0) is 6.42 Å². The number of aliphatic imine (C=N–C) groups is 1. The van der Waals surface area contributed by atoms with E-state index < -0.39 is 0 Å². The van der Waals surface area contributed by atoms with Crippen molar-refractivity contribution in [1.82, 2.24) is 5.32 Å². The van der Waals surface area contributed by atoms with Gasteiger partial charge in [-0.1, -0.05) is 51.1 Å². The first-order valence-electron chi connectivity index (χ1n) is 9.40. The lowest BCUT2D eigenvalue weighted by molar-refractivity contribution is 0.534. The lowest BCUT2D eigenvalue weighted by Crippen LogP contribution is -2.28. The molecule has 2 atom stereocenters. The summed E-state index contributed by atoms with van der Waals surface area (Å²) < 4.78 is 0. The van der Waals surface area contributed by atoms with Crippen molar-refractivity contribution in [2.24, 2.45) is 10.9 Å². The molecule has 0 radical (unpaired) electrons. The third kappa shape index (κ3) is 4.17. The second-order valence-corrected chi connectivity index (χ2v) is 7.57. The highest BCUT2D eigenvalue weighted by atomic mass is 14.9. The van der Waals surface area contributed by atoms with Crippen LogP contribution in [0, 0.1) is 5.92 Å². The number of nitrogens with zero attached hydrogens (tertiary/aromatic N) is 1. The van der Waals surface area contributed by atoms with Crippen LogP contribution in [0.3, 0.4) is 0 Å². The SMILES string of the molecule is CC(CNC1=CC=NC2CCCC=C12)Cc1ccc(C(C)C)cc1. The Labute approximate surface area is 146 Å². The van der Waals surface area contributed by atoms with Crippen LogP contribution in [0.1, 0.15) is 57.1 Å². The van der Waals surface area contributed by atoms with E-state index in [0.29, 0.717) is 17.9 Å². The van der Waals surface area contributed by atoms with Crippen LogP contribution in [0.5, 0.6) is 0 Å². The Kier molecular flexibility index (Phi) is 5.55. The molecule has 0 amide bonds. The van der Waals surface area contributed by atoms with Crippen molar-refractivity contribution in [1.29, 1.82) is 0 Å². The fraction of sp³-hybridized carbons (Fsp3) is 0.500. The topological polar surface area (TPSA) is 24.4 Å². The molecule has 1 aliphatic carbocycles. The van der Waals surface area contributed by atoms with Crippen molar-refractivity contribution in [3.05, 3.63) is 58.8 Å². The predicted molar refractivity (Wildman–Crippen MR) is 104 cm³/mol. The molecule has 1 aliphatic heterocycles. The number of allylic oxidation sites excluding steroid dienone is 2. The van der Waals surface area contributed by atoms with Gasteiger partial charge in [-0.2, -0.15) is 0 Å². The zero-order valence-corrected chi connectivity index (χ0v) is 15.3. The maximum absolute atomic E-state index is 4.61. The fourth-order valence-corrected chi connectivity index (χ4v) is 3.58. The molecule has 0 spiro atoms. The number of rotatable bonds is 6. The van der Waals surface area contributed by atoms with Crippen molar-refractivity contribution in [2.75, 3.05) is 6.54 Å². The Balaban J connectivity index is 1.53. The maximum atomic E-state index is 4.61. The minimum atomic E-state index is 0.394. The summed E-state index contributed by atoms with van der Waals surface area (Å²) >= 11 is 0. The molecule has 0 fully saturated rings. The van der Waals surface area contributed by atoms with Gasteiger partial charge in [0.1, 0.15) is 0 Å². The van der Waals surface area contributed by atoms with E-state index in [1.165, 1.54) is 41.7 Å². The molecule has 1 aromatic rings. The van der Waals surface area contributed by atoms with Crippen molar-refractivity contribution in [3.63, 3.8) is 0 Å². The Morgan fingerprint density at radius 2 is 1.96 bits per heavy atom. The highest BCUT2D eigenvalue weighted by molar-refractivity contribution is 5.76. The molecule has 3 rings (SSSR count). The van der Waals surface area contributed by atoms with Crippen LogP contribution < -0.4 is 5.32 Å². The van der Waals surface area contributed by atoms with E-state index in [9.17, 15) is 0 Å². The third-order valence-electron chi connectivity index (χ3n) is 5.09. The molecular formula is C22H30N2. The van der Waals surface area contributed by atoms with E-state index in [0.717, 1.165) is 13.0 Å². The number of hydrogen-bond donors (Lipinski definition) is 1. The van der Waals surface area contributed by atoms with Gasteiger partial charge < -0.3 is 5.32 Å². The third-order valence-corrected chi connectivity index (χ3v) is 5.09. The summed E-state index contributed by atoms with van der Waals surface area (Å²) in [6.45, 7) is 7.83. The quantitative estimate of drug-likeness (QED) is 0.781. The molecule has 2 aliphatic rings. The molecule has 2 unspecified atom stereocenters. The highest BCUT2D eigenvalue weighted by Crippen LogP contribution is 2.28. The molecule has 24 heavy (non-hydrogen) atoms. The Morgan fingerprint density at radius 1 is 1.17 bits per heavy atom. The van der Waals surface area contributed by atoms with Crippen LogP contribution in [0.15, 0.2) is 52.7 Å². The van der Waals surface area contributed by atoms with Gasteiger partial charge in [-0.05, 0) is 60.3 Å².